The lowest BCUT2D eigenvalue weighted by molar-refractivity contribution is -0.141. The number of phenolic OH excluding ortho intramolecular Hbond substituents is 1. The molecule has 3 aromatic rings. The van der Waals surface area contributed by atoms with Crippen LogP contribution in [0, 0.1) is 5.92 Å². The van der Waals surface area contributed by atoms with Gasteiger partial charge in [0.1, 0.15) is 6.61 Å². The first-order valence-corrected chi connectivity index (χ1v) is 9.06. The maximum absolute atomic E-state index is 11.2. The third-order valence-electron chi connectivity index (χ3n) is 4.65. The smallest absolute Gasteiger partial charge is 0.306 e. The summed E-state index contributed by atoms with van der Waals surface area (Å²) in [6, 6.07) is 20.3. The van der Waals surface area contributed by atoms with Gasteiger partial charge in [-0.3, -0.25) is 4.79 Å². The van der Waals surface area contributed by atoms with Crippen molar-refractivity contribution in [2.45, 2.75) is 20.0 Å². The van der Waals surface area contributed by atoms with Crippen molar-refractivity contribution in [2.24, 2.45) is 5.92 Å². The van der Waals surface area contributed by atoms with Crippen LogP contribution in [-0.4, -0.2) is 16.2 Å². The Labute approximate surface area is 176 Å². The molecular formula is C23H24ClNO4. The van der Waals surface area contributed by atoms with Crippen molar-refractivity contribution in [3.05, 3.63) is 77.9 Å². The maximum atomic E-state index is 11.2. The van der Waals surface area contributed by atoms with Gasteiger partial charge in [0, 0.05) is 11.3 Å². The SMILES string of the molecule is C[C@@H](Cc1cccc(-c2ccc(O)c(OCc3ccccc3)c2)c1N)C(=O)O.Cl. The van der Waals surface area contributed by atoms with Gasteiger partial charge in [0.2, 0.25) is 0 Å². The lowest BCUT2D eigenvalue weighted by Gasteiger charge is -2.15. The number of carboxylic acid groups (broad SMARTS) is 1. The number of anilines is 1. The van der Waals surface area contributed by atoms with E-state index in [1.807, 2.05) is 48.5 Å². The quantitative estimate of drug-likeness (QED) is 0.479. The zero-order valence-electron chi connectivity index (χ0n) is 16.0. The second kappa shape index (κ2) is 9.85. The Morgan fingerprint density at radius 2 is 1.79 bits per heavy atom. The van der Waals surface area contributed by atoms with Crippen LogP contribution in [0.15, 0.2) is 66.7 Å². The van der Waals surface area contributed by atoms with Crippen LogP contribution >= 0.6 is 12.4 Å². The van der Waals surface area contributed by atoms with Gasteiger partial charge in [-0.2, -0.15) is 0 Å². The zero-order chi connectivity index (χ0) is 20.1. The average Bonchev–Trinajstić information content (AvgIpc) is 2.70. The molecule has 1 atom stereocenters. The number of aliphatic carboxylic acids is 1. The van der Waals surface area contributed by atoms with Crippen LogP contribution in [0.1, 0.15) is 18.1 Å². The molecule has 29 heavy (non-hydrogen) atoms. The molecular weight excluding hydrogens is 390 g/mol. The highest BCUT2D eigenvalue weighted by atomic mass is 35.5. The van der Waals surface area contributed by atoms with Gasteiger partial charge in [0.05, 0.1) is 5.92 Å². The standard InChI is InChI=1S/C23H23NO4.ClH/c1-15(23(26)27)12-18-8-5-9-19(22(18)24)17-10-11-20(25)21(13-17)28-14-16-6-3-2-4-7-16;/h2-11,13,15,25H,12,14,24H2,1H3,(H,26,27);1H/t15-;/m0./s1. The fourth-order valence-electron chi connectivity index (χ4n) is 2.99. The predicted molar refractivity (Wildman–Crippen MR) is 116 cm³/mol. The zero-order valence-corrected chi connectivity index (χ0v) is 16.9. The molecule has 0 saturated carbocycles. The number of benzene rings is 3. The fraction of sp³-hybridized carbons (Fsp3) is 0.174. The monoisotopic (exact) mass is 413 g/mol. The number of nitrogens with two attached hydrogens (primary N) is 1. The number of carbonyl (C=O) groups is 1. The van der Waals surface area contributed by atoms with E-state index in [1.165, 1.54) is 0 Å². The third kappa shape index (κ3) is 5.42. The summed E-state index contributed by atoms with van der Waals surface area (Å²) in [5.74, 6) is -0.966. The number of rotatable bonds is 7. The van der Waals surface area contributed by atoms with Crippen LogP contribution in [0.2, 0.25) is 0 Å². The van der Waals surface area contributed by atoms with E-state index in [2.05, 4.69) is 0 Å². The molecule has 6 heteroatoms. The van der Waals surface area contributed by atoms with E-state index in [4.69, 9.17) is 15.6 Å². The number of phenols is 1. The van der Waals surface area contributed by atoms with Gasteiger partial charge < -0.3 is 20.7 Å². The molecule has 0 fully saturated rings. The summed E-state index contributed by atoms with van der Waals surface area (Å²) in [6.45, 7) is 1.99. The van der Waals surface area contributed by atoms with Gasteiger partial charge >= 0.3 is 5.97 Å². The number of halogens is 1. The Bertz CT molecular complexity index is 976. The molecule has 0 spiro atoms. The summed E-state index contributed by atoms with van der Waals surface area (Å²) < 4.78 is 5.78. The summed E-state index contributed by atoms with van der Waals surface area (Å²) >= 11 is 0. The van der Waals surface area contributed by atoms with Crippen molar-refractivity contribution in [1.29, 1.82) is 0 Å². The Morgan fingerprint density at radius 1 is 1.07 bits per heavy atom. The van der Waals surface area contributed by atoms with Crippen LogP contribution < -0.4 is 10.5 Å². The van der Waals surface area contributed by atoms with Gasteiger partial charge in [0.15, 0.2) is 11.5 Å². The molecule has 0 heterocycles. The molecule has 3 rings (SSSR count). The van der Waals surface area contributed by atoms with Crippen molar-refractivity contribution in [2.75, 3.05) is 5.73 Å². The van der Waals surface area contributed by atoms with Crippen LogP contribution in [-0.2, 0) is 17.8 Å². The molecule has 5 nitrogen and oxygen atoms in total. The number of hydrogen-bond acceptors (Lipinski definition) is 4. The van der Waals surface area contributed by atoms with Gasteiger partial charge in [-0.25, -0.2) is 0 Å². The molecule has 0 aliphatic rings. The highest BCUT2D eigenvalue weighted by molar-refractivity contribution is 5.85. The molecule has 0 saturated heterocycles. The summed E-state index contributed by atoms with van der Waals surface area (Å²) in [5.41, 5.74) is 10.2. The molecule has 0 bridgehead atoms. The van der Waals surface area contributed by atoms with Gasteiger partial charge in [-0.15, -0.1) is 12.4 Å². The van der Waals surface area contributed by atoms with E-state index >= 15 is 0 Å². The van der Waals surface area contributed by atoms with Crippen molar-refractivity contribution < 1.29 is 19.7 Å². The minimum atomic E-state index is -0.856. The number of carboxylic acids is 1. The van der Waals surface area contributed by atoms with Crippen LogP contribution in [0.5, 0.6) is 11.5 Å². The molecule has 152 valence electrons. The number of aromatic hydroxyl groups is 1. The highest BCUT2D eigenvalue weighted by Gasteiger charge is 2.16. The Kier molecular flexibility index (Phi) is 7.51. The second-order valence-electron chi connectivity index (χ2n) is 6.78. The molecule has 0 radical (unpaired) electrons. The minimum absolute atomic E-state index is 0. The number of nitrogen functional groups attached to an aromatic ring is 1. The predicted octanol–water partition coefficient (Wildman–Crippen LogP) is 4.91. The summed E-state index contributed by atoms with van der Waals surface area (Å²) in [6.07, 6.45) is 0.352. The van der Waals surface area contributed by atoms with Crippen molar-refractivity contribution in [1.82, 2.24) is 0 Å². The molecule has 0 aromatic heterocycles. The van der Waals surface area contributed by atoms with Gasteiger partial charge in [-0.05, 0) is 35.2 Å². The first-order valence-electron chi connectivity index (χ1n) is 9.06. The number of para-hydroxylation sites is 1. The topological polar surface area (TPSA) is 92.8 Å². The van der Waals surface area contributed by atoms with Crippen LogP contribution in [0.4, 0.5) is 5.69 Å². The maximum Gasteiger partial charge on any atom is 0.306 e. The first-order chi connectivity index (χ1) is 13.5. The van der Waals surface area contributed by atoms with Crippen molar-refractivity contribution in [3.8, 4) is 22.6 Å². The average molecular weight is 414 g/mol. The molecule has 3 aromatic carbocycles. The van der Waals surface area contributed by atoms with E-state index in [0.29, 0.717) is 24.5 Å². The van der Waals surface area contributed by atoms with E-state index in [1.54, 1.807) is 25.1 Å². The molecule has 0 unspecified atom stereocenters. The van der Waals surface area contributed by atoms with E-state index < -0.39 is 11.9 Å². The Balaban J connectivity index is 0.00000300. The molecule has 0 aliphatic heterocycles. The van der Waals surface area contributed by atoms with Crippen molar-refractivity contribution in [3.63, 3.8) is 0 Å². The minimum Gasteiger partial charge on any atom is -0.504 e. The molecule has 4 N–H and O–H groups in total. The summed E-state index contributed by atoms with van der Waals surface area (Å²) in [4.78, 5) is 11.2. The Morgan fingerprint density at radius 3 is 2.48 bits per heavy atom. The lowest BCUT2D eigenvalue weighted by Crippen LogP contribution is -2.13. The third-order valence-corrected chi connectivity index (χ3v) is 4.65. The van der Waals surface area contributed by atoms with E-state index in [9.17, 15) is 9.90 Å². The van der Waals surface area contributed by atoms with E-state index in [0.717, 1.165) is 22.3 Å². The summed E-state index contributed by atoms with van der Waals surface area (Å²) in [7, 11) is 0. The van der Waals surface area contributed by atoms with Gasteiger partial charge in [-0.1, -0.05) is 61.5 Å². The summed E-state index contributed by atoms with van der Waals surface area (Å²) in [5, 5.41) is 19.3. The lowest BCUT2D eigenvalue weighted by atomic mass is 9.94. The fourth-order valence-corrected chi connectivity index (χ4v) is 2.99. The number of hydrogen-bond donors (Lipinski definition) is 3. The van der Waals surface area contributed by atoms with Crippen LogP contribution in [0.3, 0.4) is 0 Å². The first kappa shape index (κ1) is 22.1. The van der Waals surface area contributed by atoms with Crippen molar-refractivity contribution >= 4 is 24.1 Å². The Hall–Kier alpha value is -3.18. The van der Waals surface area contributed by atoms with Crippen LogP contribution in [0.25, 0.3) is 11.1 Å². The number of ether oxygens (including phenoxy) is 1. The van der Waals surface area contributed by atoms with Gasteiger partial charge in [0.25, 0.3) is 0 Å². The largest absolute Gasteiger partial charge is 0.504 e. The highest BCUT2D eigenvalue weighted by Crippen LogP contribution is 2.36. The van der Waals surface area contributed by atoms with E-state index in [-0.39, 0.29) is 18.2 Å². The second-order valence-corrected chi connectivity index (χ2v) is 6.78. The normalized spacial score (nSPS) is 11.3. The molecule has 0 amide bonds. The molecule has 0 aliphatic carbocycles.